The van der Waals surface area contributed by atoms with Gasteiger partial charge in [0.15, 0.2) is 5.54 Å². The quantitative estimate of drug-likeness (QED) is 0.145. The molecule has 41 heavy (non-hydrogen) atoms. The molecule has 236 valence electrons. The Morgan fingerprint density at radius 2 is 1.10 bits per heavy atom. The summed E-state index contributed by atoms with van der Waals surface area (Å²) in [7, 11) is -0.434. The molecule has 0 saturated carbocycles. The van der Waals surface area contributed by atoms with Crippen LogP contribution in [0.1, 0.15) is 134 Å². The second-order valence-electron chi connectivity index (χ2n) is 13.2. The van der Waals surface area contributed by atoms with Crippen molar-refractivity contribution in [3.05, 3.63) is 51.0 Å². The maximum absolute atomic E-state index is 11.2. The average Bonchev–Trinajstić information content (AvgIpc) is 3.20. The van der Waals surface area contributed by atoms with Crippen LogP contribution in [-0.2, 0) is 25.7 Å². The van der Waals surface area contributed by atoms with Crippen molar-refractivity contribution in [1.29, 1.82) is 0 Å². The average molecular weight is 716 g/mol. The standard InChI is InChI=1S/C32H51NP.6FH.Sb/c1-13-23-24(14-2)28(16-4)34(27(23)15-3)30-31(9,10)20-32(11,12)33(30)29-25(21(5)6)18-17-19-26(29)22(7)8;;;;;;;/h17-19,21-22H,13-16,20H2,1-12H3;6*1H;/q+1;;;;;;;+5/p-6. The van der Waals surface area contributed by atoms with Gasteiger partial charge in [-0.2, -0.15) is 4.58 Å². The Labute approximate surface area is 247 Å². The van der Waals surface area contributed by atoms with Crippen molar-refractivity contribution in [2.45, 2.75) is 133 Å². The van der Waals surface area contributed by atoms with Gasteiger partial charge in [-0.1, -0.05) is 73.6 Å². The van der Waals surface area contributed by atoms with E-state index in [1.165, 1.54) is 48.9 Å². The van der Waals surface area contributed by atoms with E-state index in [1.807, 2.05) is 0 Å². The molecule has 3 rings (SSSR count). The summed E-state index contributed by atoms with van der Waals surface area (Å²) in [5.74, 6) is 1.01. The molecular formula is C32H51F6NPSb. The molecule has 0 unspecified atom stereocenters. The fourth-order valence-electron chi connectivity index (χ4n) is 7.02. The summed E-state index contributed by atoms with van der Waals surface area (Å²) in [6.45, 7) is 29.1. The van der Waals surface area contributed by atoms with Crippen LogP contribution in [0.25, 0.3) is 0 Å². The van der Waals surface area contributed by atoms with Crippen LogP contribution in [0.2, 0.25) is 0 Å². The molecule has 1 aromatic heterocycles. The van der Waals surface area contributed by atoms with Gasteiger partial charge >= 0.3 is 36.4 Å². The van der Waals surface area contributed by atoms with Crippen LogP contribution in [-0.4, -0.2) is 35.0 Å². The van der Waals surface area contributed by atoms with Gasteiger partial charge in [-0.25, -0.2) is 0 Å². The minimum atomic E-state index is -11.2. The normalized spacial score (nSPS) is 18.4. The number of para-hydroxylation sites is 1. The zero-order valence-corrected chi connectivity index (χ0v) is 30.5. The van der Waals surface area contributed by atoms with Gasteiger partial charge in [0.25, 0.3) is 0 Å². The Morgan fingerprint density at radius 1 is 0.732 bits per heavy atom. The molecule has 0 N–H and O–H groups in total. The van der Waals surface area contributed by atoms with E-state index >= 15 is 0 Å². The Balaban J connectivity index is 0.000000745. The number of halogens is 6. The predicted octanol–water partition coefficient (Wildman–Crippen LogP) is 12.1. The van der Waals surface area contributed by atoms with E-state index in [0.29, 0.717) is 11.8 Å². The number of hydrogen-bond donors (Lipinski definition) is 0. The number of hydrogen-bond acceptors (Lipinski definition) is 0. The van der Waals surface area contributed by atoms with Crippen LogP contribution in [0.3, 0.4) is 0 Å². The molecule has 0 aliphatic carbocycles. The van der Waals surface area contributed by atoms with Gasteiger partial charge in [-0.15, -0.1) is 0 Å². The second kappa shape index (κ2) is 11.5. The topological polar surface area (TPSA) is 3.01 Å². The zero-order valence-electron chi connectivity index (χ0n) is 27.0. The third-order valence-corrected chi connectivity index (χ3v) is 11.5. The summed E-state index contributed by atoms with van der Waals surface area (Å²) in [6, 6.07) is 7.09. The van der Waals surface area contributed by atoms with Gasteiger partial charge in [0.05, 0.1) is 5.41 Å². The van der Waals surface area contributed by atoms with Gasteiger partial charge in [0, 0.05) is 31.4 Å². The van der Waals surface area contributed by atoms with Crippen molar-refractivity contribution in [3.8, 4) is 0 Å². The van der Waals surface area contributed by atoms with Crippen LogP contribution in [0, 0.1) is 5.41 Å². The third kappa shape index (κ3) is 8.59. The van der Waals surface area contributed by atoms with Crippen LogP contribution < -0.4 is 0 Å². The fourth-order valence-corrected chi connectivity index (χ4v) is 10.9. The first-order chi connectivity index (χ1) is 18.3. The van der Waals surface area contributed by atoms with E-state index in [-0.39, 0.29) is 11.0 Å². The first-order valence-corrected chi connectivity index (χ1v) is 22.1. The Morgan fingerprint density at radius 3 is 1.39 bits per heavy atom. The molecule has 0 fully saturated rings. The Bertz CT molecular complexity index is 1230. The molecule has 1 aliphatic rings. The molecule has 0 saturated heterocycles. The summed E-state index contributed by atoms with van der Waals surface area (Å²) in [5.41, 5.74) is 9.94. The van der Waals surface area contributed by atoms with E-state index in [9.17, 15) is 16.9 Å². The molecule has 0 amide bonds. The summed E-state index contributed by atoms with van der Waals surface area (Å²) in [6.07, 6.45) is 5.91. The summed E-state index contributed by atoms with van der Waals surface area (Å²) in [4.78, 5) is 0. The molecule has 0 spiro atoms. The van der Waals surface area contributed by atoms with Crippen LogP contribution in [0.4, 0.5) is 22.6 Å². The van der Waals surface area contributed by atoms with Gasteiger partial charge in [-0.05, 0) is 80.6 Å². The van der Waals surface area contributed by atoms with Gasteiger partial charge in [0.1, 0.15) is 0 Å². The van der Waals surface area contributed by atoms with Crippen molar-refractivity contribution in [2.24, 2.45) is 5.41 Å². The van der Waals surface area contributed by atoms with Crippen LogP contribution in [0.5, 0.6) is 0 Å². The van der Waals surface area contributed by atoms with E-state index in [2.05, 4.69) is 106 Å². The van der Waals surface area contributed by atoms with Gasteiger partial charge in [0.2, 0.25) is 11.1 Å². The molecule has 1 aliphatic heterocycles. The predicted molar refractivity (Wildman–Crippen MR) is 166 cm³/mol. The maximum atomic E-state index is 9.93. The van der Waals surface area contributed by atoms with Crippen molar-refractivity contribution in [3.63, 3.8) is 0 Å². The Kier molecular flexibility index (Phi) is 10.2. The van der Waals surface area contributed by atoms with E-state index in [4.69, 9.17) is 0 Å². The molecule has 2 aromatic rings. The molecule has 0 bridgehead atoms. The SMILES string of the molecule is CCc1c(CC)c(CC)p(C2=[N+](c3c(C(C)C)cccc3C(C)C)C(C)(C)CC2(C)C)c1CC.[F][Sb-]([F])([F])([F])([F])[F]. The fraction of sp³-hybridized carbons (Fsp3) is 0.656. The van der Waals surface area contributed by atoms with E-state index < -0.39 is 27.0 Å². The molecule has 1 aromatic carbocycles. The summed E-state index contributed by atoms with van der Waals surface area (Å²) in [5, 5.41) is 3.54. The van der Waals surface area contributed by atoms with E-state index in [0.717, 1.165) is 0 Å². The monoisotopic (exact) mass is 715 g/mol. The van der Waals surface area contributed by atoms with E-state index in [1.54, 1.807) is 27.2 Å². The summed E-state index contributed by atoms with van der Waals surface area (Å²) >= 11 is -11.2. The van der Waals surface area contributed by atoms with Gasteiger partial charge < -0.3 is 0 Å². The van der Waals surface area contributed by atoms with Gasteiger partial charge in [-0.3, -0.25) is 0 Å². The summed E-state index contributed by atoms with van der Waals surface area (Å²) < 4.78 is 62.4. The second-order valence-corrected chi connectivity index (χ2v) is 20.8. The first kappa shape index (κ1) is 36.3. The Hall–Kier alpha value is -0.932. The van der Waals surface area contributed by atoms with Crippen molar-refractivity contribution < 1.29 is 21.5 Å². The van der Waals surface area contributed by atoms with Crippen LogP contribution in [0.15, 0.2) is 18.2 Å². The zero-order chi connectivity index (χ0) is 32.0. The minimum absolute atomic E-state index is 0.0921. The molecular weight excluding hydrogens is 665 g/mol. The molecule has 2 heterocycles. The van der Waals surface area contributed by atoms with Crippen LogP contribution >= 0.6 is 7.53 Å². The van der Waals surface area contributed by atoms with Crippen molar-refractivity contribution in [2.75, 3.05) is 0 Å². The number of nitrogens with zero attached hydrogens (tertiary/aromatic N) is 1. The van der Waals surface area contributed by atoms with Crippen molar-refractivity contribution in [1.82, 2.24) is 0 Å². The molecule has 0 atom stereocenters. The molecule has 9 heteroatoms. The number of benzene rings is 1. The molecule has 0 radical (unpaired) electrons. The number of rotatable bonds is 8. The third-order valence-electron chi connectivity index (χ3n) is 8.05. The first-order valence-electron chi connectivity index (χ1n) is 14.9. The molecule has 1 nitrogen and oxygen atoms in total. The van der Waals surface area contributed by atoms with Crippen molar-refractivity contribution >= 4 is 38.1 Å².